The van der Waals surface area contributed by atoms with E-state index < -0.39 is 120 Å². The van der Waals surface area contributed by atoms with E-state index in [9.17, 15) is 47.9 Å². The van der Waals surface area contributed by atoms with Gasteiger partial charge in [-0.1, -0.05) is 58.0 Å². The maximum absolute atomic E-state index is 14.5. The summed E-state index contributed by atoms with van der Waals surface area (Å²) >= 11 is 13.5. The largest absolute Gasteiger partial charge is 0.444 e. The molecule has 81 heavy (non-hydrogen) atoms. The van der Waals surface area contributed by atoms with Crippen LogP contribution < -0.4 is 58.9 Å². The lowest BCUT2D eigenvalue weighted by Gasteiger charge is -2.27. The zero-order chi connectivity index (χ0) is 60.6. The van der Waals surface area contributed by atoms with Gasteiger partial charge in [-0.3, -0.25) is 43.2 Å². The van der Waals surface area contributed by atoms with Gasteiger partial charge >= 0.3 is 6.09 Å². The van der Waals surface area contributed by atoms with Crippen molar-refractivity contribution >= 4 is 111 Å². The number of alkyl carbamates (subject to hydrolysis) is 1. The molecule has 10 amide bonds. The van der Waals surface area contributed by atoms with Crippen LogP contribution in [0.15, 0.2) is 54.7 Å². The Morgan fingerprint density at radius 1 is 0.667 bits per heavy atom. The summed E-state index contributed by atoms with van der Waals surface area (Å²) in [4.78, 5) is 140. The van der Waals surface area contributed by atoms with E-state index in [1.165, 1.54) is 18.7 Å². The third-order valence-electron chi connectivity index (χ3n) is 12.6. The second kappa shape index (κ2) is 33.8. The van der Waals surface area contributed by atoms with Crippen molar-refractivity contribution < 1.29 is 52.7 Å². The van der Waals surface area contributed by atoms with Crippen molar-refractivity contribution in [3.8, 4) is 0 Å². The topological polar surface area (TPSA) is 347 Å². The van der Waals surface area contributed by atoms with Crippen molar-refractivity contribution in [2.45, 2.75) is 142 Å². The van der Waals surface area contributed by atoms with Crippen LogP contribution in [0.1, 0.15) is 92.2 Å². The molecular formula is C55H82Cl2N12O11S. The Morgan fingerprint density at radius 3 is 1.83 bits per heavy atom. The molecule has 0 spiro atoms. The van der Waals surface area contributed by atoms with E-state index in [0.717, 1.165) is 16.6 Å². The number of hydrogen-bond donors (Lipinski definition) is 11. The molecule has 0 saturated carbocycles. The number of nitrogens with two attached hydrogens (primary N) is 2. The molecule has 13 N–H and O–H groups in total. The summed E-state index contributed by atoms with van der Waals surface area (Å²) < 4.78 is 5.48. The first kappa shape index (κ1) is 68.5. The number of rotatable bonds is 34. The third-order valence-corrected chi connectivity index (χ3v) is 13.5. The summed E-state index contributed by atoms with van der Waals surface area (Å²) in [6.45, 7) is 13.8. The number of thioether (sulfide) groups is 1. The molecule has 1 heterocycles. The van der Waals surface area contributed by atoms with E-state index in [4.69, 9.17) is 39.4 Å². The molecule has 448 valence electrons. The highest BCUT2D eigenvalue weighted by atomic mass is 35.5. The van der Waals surface area contributed by atoms with Crippen LogP contribution in [-0.2, 0) is 60.7 Å². The predicted octanol–water partition coefficient (Wildman–Crippen LogP) is 2.38. The lowest BCUT2D eigenvalue weighted by atomic mass is 10.0. The Balaban J connectivity index is 1.86. The average Bonchev–Trinajstić information content (AvgIpc) is 3.90. The van der Waals surface area contributed by atoms with Gasteiger partial charge in [-0.15, -0.1) is 23.2 Å². The summed E-state index contributed by atoms with van der Waals surface area (Å²) in [5.41, 5.74) is 12.9. The molecule has 26 heteroatoms. The highest BCUT2D eigenvalue weighted by Gasteiger charge is 2.34. The number of alkyl halides is 2. The van der Waals surface area contributed by atoms with Gasteiger partial charge in [0.2, 0.25) is 53.2 Å². The molecule has 23 nitrogen and oxygen atoms in total. The first-order chi connectivity index (χ1) is 38.2. The summed E-state index contributed by atoms with van der Waals surface area (Å²) in [6.07, 6.45) is 2.19. The number of hydrogen-bond acceptors (Lipinski definition) is 13. The fourth-order valence-electron chi connectivity index (χ4n) is 8.35. The minimum absolute atomic E-state index is 0.0495. The fraction of sp³-hybridized carbons (Fsp3) is 0.564. The number of primary amides is 2. The molecule has 3 aromatic rings. The zero-order valence-electron chi connectivity index (χ0n) is 47.6. The number of aromatic nitrogens is 1. The lowest BCUT2D eigenvalue weighted by molar-refractivity contribution is -0.135. The van der Waals surface area contributed by atoms with Gasteiger partial charge in [-0.05, 0) is 100 Å². The monoisotopic (exact) mass is 1190 g/mol. The zero-order valence-corrected chi connectivity index (χ0v) is 50.0. The molecule has 0 aliphatic carbocycles. The highest BCUT2D eigenvalue weighted by Crippen LogP contribution is 2.21. The van der Waals surface area contributed by atoms with Crippen LogP contribution in [0.2, 0.25) is 0 Å². The number of amides is 10. The number of carbonyl (C=O) groups is 10. The van der Waals surface area contributed by atoms with Crippen molar-refractivity contribution in [2.24, 2.45) is 23.3 Å². The van der Waals surface area contributed by atoms with Crippen LogP contribution in [0.5, 0.6) is 0 Å². The molecule has 7 atom stereocenters. The number of carbonyl (C=O) groups excluding carboxylic acids is 10. The number of aromatic amines is 1. The lowest BCUT2D eigenvalue weighted by Crippen LogP contribution is -2.60. The maximum Gasteiger partial charge on any atom is 0.408 e. The van der Waals surface area contributed by atoms with Crippen molar-refractivity contribution in [2.75, 3.05) is 48.3 Å². The minimum atomic E-state index is -1.50. The molecule has 0 unspecified atom stereocenters. The standard InChI is InChI=1S/C55H82Cl2N12O11S/c1-31(2)26-41(51(76)64-39(47(59)72)20-25-81-9)63-45(71)30-61-53(78)46(32(3)4)68-48(73)33(5)62-50(75)43(28-35-29-60-38-13-11-10-12-37(35)38)66-49(74)40(18-19-44(58)70)65-52(77)42(67-54(79)80-55(6,7)8)27-34-14-16-36(17-15-34)69(23-21-56)24-22-57/h10-17,29,31-33,39-43,46,60H,18-28,30H2,1-9H3,(H2,58,70)(H2,59,72)(H,61,78)(H,62,75)(H,63,71)(H,64,76)(H,65,77)(H,66,74)(H,67,79)(H,68,73)/t33-,39-,40-,41-,42-,43-,46-/m0/s1. The number of anilines is 1. The summed E-state index contributed by atoms with van der Waals surface area (Å²) in [5.74, 6) is -6.28. The average molecular weight is 1190 g/mol. The van der Waals surface area contributed by atoms with Gasteiger partial charge in [0.1, 0.15) is 47.9 Å². The summed E-state index contributed by atoms with van der Waals surface area (Å²) in [6, 6.07) is 5.60. The number of fused-ring (bicyclic) bond motifs is 1. The Morgan fingerprint density at radius 2 is 1.25 bits per heavy atom. The molecule has 0 radical (unpaired) electrons. The van der Waals surface area contributed by atoms with Crippen LogP contribution in [0.25, 0.3) is 10.9 Å². The molecule has 0 bridgehead atoms. The second-order valence-corrected chi connectivity index (χ2v) is 23.0. The van der Waals surface area contributed by atoms with E-state index in [1.54, 1.807) is 59.0 Å². The van der Waals surface area contributed by atoms with Gasteiger partial charge in [-0.2, -0.15) is 11.8 Å². The Labute approximate surface area is 488 Å². The molecule has 0 aliphatic heterocycles. The smallest absolute Gasteiger partial charge is 0.408 e. The van der Waals surface area contributed by atoms with Crippen LogP contribution in [0, 0.1) is 11.8 Å². The Bertz CT molecular complexity index is 2610. The number of ether oxygens (including phenoxy) is 1. The van der Waals surface area contributed by atoms with E-state index in [2.05, 4.69) is 47.5 Å². The van der Waals surface area contributed by atoms with Gasteiger partial charge in [0.05, 0.1) is 6.54 Å². The molecule has 0 saturated heterocycles. The number of H-pyrrole nitrogens is 1. The normalized spacial score (nSPS) is 14.0. The van der Waals surface area contributed by atoms with Gasteiger partial charge < -0.3 is 68.6 Å². The first-order valence-corrected chi connectivity index (χ1v) is 29.3. The van der Waals surface area contributed by atoms with Crippen molar-refractivity contribution in [3.63, 3.8) is 0 Å². The van der Waals surface area contributed by atoms with E-state index >= 15 is 0 Å². The van der Waals surface area contributed by atoms with E-state index in [1.807, 2.05) is 55.3 Å². The quantitative estimate of drug-likeness (QED) is 0.0383. The molecule has 3 rings (SSSR count). The van der Waals surface area contributed by atoms with Crippen LogP contribution >= 0.6 is 35.0 Å². The van der Waals surface area contributed by atoms with Crippen molar-refractivity contribution in [1.29, 1.82) is 0 Å². The van der Waals surface area contributed by atoms with Crippen LogP contribution in [0.3, 0.4) is 0 Å². The summed E-state index contributed by atoms with van der Waals surface area (Å²) in [5, 5.41) is 21.6. The molecule has 0 fully saturated rings. The first-order valence-electron chi connectivity index (χ1n) is 26.8. The van der Waals surface area contributed by atoms with Crippen molar-refractivity contribution in [1.82, 2.24) is 47.5 Å². The molecule has 0 aliphatic rings. The van der Waals surface area contributed by atoms with Gasteiger partial charge in [-0.25, -0.2) is 4.79 Å². The number of halogens is 2. The number of nitrogens with zero attached hydrogens (tertiary/aromatic N) is 1. The van der Waals surface area contributed by atoms with Crippen LogP contribution in [-0.4, -0.2) is 156 Å². The maximum atomic E-state index is 14.5. The van der Waals surface area contributed by atoms with Gasteiger partial charge in [0, 0.05) is 66.9 Å². The van der Waals surface area contributed by atoms with Crippen LogP contribution in [0.4, 0.5) is 10.5 Å². The molecule has 1 aromatic heterocycles. The second-order valence-electron chi connectivity index (χ2n) is 21.3. The number of benzene rings is 2. The summed E-state index contributed by atoms with van der Waals surface area (Å²) in [7, 11) is 0. The predicted molar refractivity (Wildman–Crippen MR) is 314 cm³/mol. The van der Waals surface area contributed by atoms with Gasteiger partial charge in [0.25, 0.3) is 0 Å². The minimum Gasteiger partial charge on any atom is -0.444 e. The van der Waals surface area contributed by atoms with E-state index in [-0.39, 0.29) is 38.0 Å². The van der Waals surface area contributed by atoms with Crippen molar-refractivity contribution in [3.05, 3.63) is 65.9 Å². The molecular weight excluding hydrogens is 1110 g/mol. The van der Waals surface area contributed by atoms with E-state index in [0.29, 0.717) is 48.2 Å². The fourth-order valence-corrected chi connectivity index (χ4v) is 9.23. The number of para-hydroxylation sites is 1. The third kappa shape index (κ3) is 24.1. The number of nitrogens with one attached hydrogen (secondary N) is 9. The molecule has 2 aromatic carbocycles. The van der Waals surface area contributed by atoms with Gasteiger partial charge in [0.15, 0.2) is 0 Å². The highest BCUT2D eigenvalue weighted by molar-refractivity contribution is 7.98. The SMILES string of the molecule is CSCC[C@H](NC(=O)[C@H](CC(C)C)NC(=O)CNC(=O)[C@@H](NC(=O)[C@H](C)NC(=O)[C@H](Cc1c[nH]c2ccccc12)NC(=O)[C@H](CCC(N)=O)NC(=O)[C@H](Cc1ccc(N(CCCl)CCCl)cc1)NC(=O)OC(C)(C)C)C(C)C)C(N)=O. The Hall–Kier alpha value is -6.79. The Kier molecular flexibility index (Phi) is 28.6.